The Bertz CT molecular complexity index is 682. The fraction of sp³-hybridized carbons (Fsp3) is 0.400. The molecule has 2 heterocycles. The topological polar surface area (TPSA) is 31.4 Å². The third kappa shape index (κ3) is 2.25. The van der Waals surface area contributed by atoms with Gasteiger partial charge in [0.05, 0.1) is 12.6 Å². The van der Waals surface area contributed by atoms with E-state index in [0.717, 1.165) is 40.1 Å². The Morgan fingerprint density at radius 2 is 2.25 bits per heavy atom. The summed E-state index contributed by atoms with van der Waals surface area (Å²) in [7, 11) is 1.65. The van der Waals surface area contributed by atoms with E-state index in [4.69, 9.17) is 21.1 Å². The highest BCUT2D eigenvalue weighted by Gasteiger charge is 2.38. The molecule has 0 fully saturated rings. The van der Waals surface area contributed by atoms with Crippen LogP contribution in [0, 0.1) is 6.92 Å². The summed E-state index contributed by atoms with van der Waals surface area (Å²) in [5, 5.41) is 0.973. The van der Waals surface area contributed by atoms with Crippen molar-refractivity contribution in [1.29, 1.82) is 0 Å². The molecule has 0 bridgehead atoms. The van der Waals surface area contributed by atoms with Gasteiger partial charge in [-0.3, -0.25) is 4.98 Å². The summed E-state index contributed by atoms with van der Waals surface area (Å²) in [5.74, 6) is 1.67. The van der Waals surface area contributed by atoms with Gasteiger partial charge < -0.3 is 9.47 Å². The molecular weight excluding hydrogens is 342 g/mol. The van der Waals surface area contributed by atoms with Crippen LogP contribution in [0.25, 0.3) is 10.9 Å². The molecule has 3 nitrogen and oxygen atoms in total. The van der Waals surface area contributed by atoms with Gasteiger partial charge in [-0.1, -0.05) is 15.9 Å². The van der Waals surface area contributed by atoms with Crippen LogP contribution in [-0.4, -0.2) is 22.0 Å². The van der Waals surface area contributed by atoms with Crippen molar-refractivity contribution in [2.45, 2.75) is 30.2 Å². The van der Waals surface area contributed by atoms with Crippen LogP contribution in [0.15, 0.2) is 18.2 Å². The van der Waals surface area contributed by atoms with Gasteiger partial charge in [0, 0.05) is 23.1 Å². The van der Waals surface area contributed by atoms with Gasteiger partial charge in [0.1, 0.15) is 21.4 Å². The van der Waals surface area contributed by atoms with Gasteiger partial charge >= 0.3 is 0 Å². The first-order valence-electron chi connectivity index (χ1n) is 6.42. The second-order valence-electron chi connectivity index (χ2n) is 5.15. The second kappa shape index (κ2) is 4.78. The Hall–Kier alpha value is -1.000. The normalized spacial score (nSPS) is 20.4. The summed E-state index contributed by atoms with van der Waals surface area (Å²) in [6, 6.07) is 5.82. The molecule has 1 aromatic heterocycles. The van der Waals surface area contributed by atoms with Gasteiger partial charge in [-0.25, -0.2) is 0 Å². The number of rotatable bonds is 2. The lowest BCUT2D eigenvalue weighted by Crippen LogP contribution is -2.31. The first-order valence-corrected chi connectivity index (χ1v) is 7.59. The van der Waals surface area contributed by atoms with Gasteiger partial charge in [0.25, 0.3) is 0 Å². The van der Waals surface area contributed by atoms with Crippen LogP contribution < -0.4 is 9.47 Å². The monoisotopic (exact) mass is 355 g/mol. The Labute approximate surface area is 131 Å². The molecule has 0 saturated carbocycles. The Morgan fingerprint density at radius 1 is 1.50 bits per heavy atom. The molecule has 0 unspecified atom stereocenters. The maximum absolute atomic E-state index is 6.34. The molecular formula is C15H15BrClNO2. The van der Waals surface area contributed by atoms with Crippen molar-refractivity contribution in [1.82, 2.24) is 4.98 Å². The minimum absolute atomic E-state index is 0.114. The van der Waals surface area contributed by atoms with E-state index >= 15 is 0 Å². The first-order chi connectivity index (χ1) is 9.40. The molecule has 106 valence electrons. The van der Waals surface area contributed by atoms with Crippen LogP contribution in [0.1, 0.15) is 18.2 Å². The molecule has 2 atom stereocenters. The van der Waals surface area contributed by atoms with Crippen molar-refractivity contribution in [3.8, 4) is 11.5 Å². The van der Waals surface area contributed by atoms with Crippen molar-refractivity contribution >= 4 is 38.4 Å². The predicted molar refractivity (Wildman–Crippen MR) is 84.3 cm³/mol. The fourth-order valence-electron chi connectivity index (χ4n) is 2.52. The lowest BCUT2D eigenvalue weighted by atomic mass is 10.0. The smallest absolute Gasteiger partial charge is 0.134 e. The van der Waals surface area contributed by atoms with Gasteiger partial charge in [-0.05, 0) is 32.0 Å². The lowest BCUT2D eigenvalue weighted by Gasteiger charge is -2.21. The molecule has 20 heavy (non-hydrogen) atoms. The Balaban J connectivity index is 2.18. The maximum Gasteiger partial charge on any atom is 0.134 e. The summed E-state index contributed by atoms with van der Waals surface area (Å²) < 4.78 is 10.8. The standard InChI is InChI=1S/C15H15BrClNO2/c1-8-10-7-13(15(2,16)17)20-14(10)11-6-9(19-3)4-5-12(11)18-8/h4-6,13H,7H2,1-3H3/t13-,15+/m1/s1. The van der Waals surface area contributed by atoms with Crippen molar-refractivity contribution in [2.75, 3.05) is 7.11 Å². The number of hydrogen-bond acceptors (Lipinski definition) is 3. The number of halogens is 2. The maximum atomic E-state index is 6.34. The first kappa shape index (κ1) is 14.0. The Kier molecular flexibility index (Phi) is 3.33. The zero-order chi connectivity index (χ0) is 14.5. The molecule has 0 spiro atoms. The number of hydrogen-bond donors (Lipinski definition) is 0. The number of fused-ring (bicyclic) bond motifs is 3. The number of aryl methyl sites for hydroxylation is 1. The third-order valence-corrected chi connectivity index (χ3v) is 4.42. The number of alkyl halides is 2. The van der Waals surface area contributed by atoms with E-state index in [1.54, 1.807) is 7.11 Å². The number of ether oxygens (including phenoxy) is 2. The van der Waals surface area contributed by atoms with Crippen molar-refractivity contribution in [2.24, 2.45) is 0 Å². The quantitative estimate of drug-likeness (QED) is 0.756. The number of pyridine rings is 1. The summed E-state index contributed by atoms with van der Waals surface area (Å²) in [5.41, 5.74) is 3.03. The van der Waals surface area contributed by atoms with E-state index in [1.807, 2.05) is 32.0 Å². The minimum atomic E-state index is -0.594. The zero-order valence-corrected chi connectivity index (χ0v) is 13.9. The van der Waals surface area contributed by atoms with Crippen molar-refractivity contribution < 1.29 is 9.47 Å². The minimum Gasteiger partial charge on any atom is -0.497 e. The van der Waals surface area contributed by atoms with Gasteiger partial charge in [-0.15, -0.1) is 11.6 Å². The largest absolute Gasteiger partial charge is 0.497 e. The molecule has 1 aliphatic rings. The van der Waals surface area contributed by atoms with Crippen LogP contribution in [-0.2, 0) is 6.42 Å². The van der Waals surface area contributed by atoms with E-state index in [0.29, 0.717) is 0 Å². The van der Waals surface area contributed by atoms with E-state index in [9.17, 15) is 0 Å². The van der Waals surface area contributed by atoms with E-state index in [-0.39, 0.29) is 6.10 Å². The molecule has 5 heteroatoms. The predicted octanol–water partition coefficient (Wildman–Crippen LogP) is 4.21. The van der Waals surface area contributed by atoms with Gasteiger partial charge in [0.15, 0.2) is 0 Å². The number of methoxy groups -OCH3 is 1. The average Bonchev–Trinajstić information content (AvgIpc) is 2.84. The summed E-state index contributed by atoms with van der Waals surface area (Å²) in [4.78, 5) is 4.65. The molecule has 2 aromatic rings. The highest BCUT2D eigenvalue weighted by molar-refractivity contribution is 9.10. The Morgan fingerprint density at radius 3 is 2.90 bits per heavy atom. The fourth-order valence-corrected chi connectivity index (χ4v) is 2.90. The van der Waals surface area contributed by atoms with Crippen LogP contribution in [0.5, 0.6) is 11.5 Å². The summed E-state index contributed by atoms with van der Waals surface area (Å²) >= 11 is 9.81. The molecule has 1 aromatic carbocycles. The van der Waals surface area contributed by atoms with E-state index in [1.165, 1.54) is 0 Å². The number of nitrogens with zero attached hydrogens (tertiary/aromatic N) is 1. The summed E-state index contributed by atoms with van der Waals surface area (Å²) in [6.45, 7) is 3.91. The SMILES string of the molecule is COc1ccc2nc(C)c3c(c2c1)O[C@@H]([C@](C)(Cl)Br)C3. The van der Waals surface area contributed by atoms with Crippen molar-refractivity contribution in [3.63, 3.8) is 0 Å². The van der Waals surface area contributed by atoms with E-state index in [2.05, 4.69) is 20.9 Å². The molecule has 0 radical (unpaired) electrons. The summed E-state index contributed by atoms with van der Waals surface area (Å²) in [6.07, 6.45) is 0.642. The second-order valence-corrected chi connectivity index (χ2v) is 8.04. The van der Waals surface area contributed by atoms with E-state index < -0.39 is 3.78 Å². The zero-order valence-electron chi connectivity index (χ0n) is 11.5. The van der Waals surface area contributed by atoms with Gasteiger partial charge in [-0.2, -0.15) is 0 Å². The van der Waals surface area contributed by atoms with Crippen LogP contribution in [0.4, 0.5) is 0 Å². The molecule has 1 aliphatic heterocycles. The van der Waals surface area contributed by atoms with Crippen LogP contribution in [0.2, 0.25) is 0 Å². The molecule has 0 amide bonds. The molecule has 0 aliphatic carbocycles. The number of benzene rings is 1. The molecule has 3 rings (SSSR count). The lowest BCUT2D eigenvalue weighted by molar-refractivity contribution is 0.225. The van der Waals surface area contributed by atoms with Crippen molar-refractivity contribution in [3.05, 3.63) is 29.5 Å². The third-order valence-electron chi connectivity index (χ3n) is 3.66. The highest BCUT2D eigenvalue weighted by atomic mass is 79.9. The van der Waals surface area contributed by atoms with Crippen LogP contribution in [0.3, 0.4) is 0 Å². The number of aromatic nitrogens is 1. The van der Waals surface area contributed by atoms with Crippen LogP contribution >= 0.6 is 27.5 Å². The average molecular weight is 357 g/mol. The molecule has 0 N–H and O–H groups in total. The molecule has 0 saturated heterocycles. The highest BCUT2D eigenvalue weighted by Crippen LogP contribution is 2.43. The van der Waals surface area contributed by atoms with Gasteiger partial charge in [0.2, 0.25) is 0 Å².